The summed E-state index contributed by atoms with van der Waals surface area (Å²) in [6, 6.07) is 2.01. The molecule has 2 N–H and O–H groups in total. The van der Waals surface area contributed by atoms with Gasteiger partial charge in [0.1, 0.15) is 5.60 Å². The van der Waals surface area contributed by atoms with E-state index in [2.05, 4.69) is 20.9 Å². The van der Waals surface area contributed by atoms with Crippen LogP contribution in [-0.4, -0.2) is 26.5 Å². The van der Waals surface area contributed by atoms with Crippen molar-refractivity contribution >= 4 is 17.1 Å². The van der Waals surface area contributed by atoms with Crippen LogP contribution in [-0.2, 0) is 18.3 Å². The Morgan fingerprint density at radius 3 is 2.81 bits per heavy atom. The molecule has 0 spiro atoms. The highest BCUT2D eigenvalue weighted by Crippen LogP contribution is 2.16. The van der Waals surface area contributed by atoms with Crippen molar-refractivity contribution in [3.8, 4) is 0 Å². The summed E-state index contributed by atoms with van der Waals surface area (Å²) in [6.07, 6.45) is 1.25. The lowest BCUT2D eigenvalue weighted by atomic mass is 10.2. The fourth-order valence-corrected chi connectivity index (χ4v) is 1.97. The lowest BCUT2D eigenvalue weighted by molar-refractivity contribution is 0.0497. The second-order valence-corrected chi connectivity index (χ2v) is 5.90. The molecule has 2 rings (SSSR count). The first kappa shape index (κ1) is 15.2. The number of hydrazine groups is 1. The summed E-state index contributed by atoms with van der Waals surface area (Å²) in [7, 11) is 1.87. The molecule has 0 fully saturated rings. The third-order valence-electron chi connectivity index (χ3n) is 2.80. The number of fused-ring (bicyclic) bond motifs is 1. The quantitative estimate of drug-likeness (QED) is 0.843. The van der Waals surface area contributed by atoms with Crippen molar-refractivity contribution in [3.05, 3.63) is 23.5 Å². The summed E-state index contributed by atoms with van der Waals surface area (Å²) in [4.78, 5) is 15.9. The zero-order valence-corrected chi connectivity index (χ0v) is 13.0. The lowest BCUT2D eigenvalue weighted by Crippen LogP contribution is -2.40. The normalized spacial score (nSPS) is 11.7. The van der Waals surface area contributed by atoms with E-state index < -0.39 is 11.7 Å². The summed E-state index contributed by atoms with van der Waals surface area (Å²) in [5, 5.41) is 5.33. The van der Waals surface area contributed by atoms with Gasteiger partial charge in [-0.1, -0.05) is 0 Å². The van der Waals surface area contributed by atoms with Gasteiger partial charge in [-0.3, -0.25) is 10.1 Å². The van der Waals surface area contributed by atoms with E-state index in [1.54, 1.807) is 10.9 Å². The number of carbonyl (C=O) groups is 1. The molecular formula is C14H21N5O2. The van der Waals surface area contributed by atoms with Crippen molar-refractivity contribution in [2.75, 3.05) is 0 Å². The van der Waals surface area contributed by atoms with Crippen LogP contribution in [0.4, 0.5) is 4.79 Å². The van der Waals surface area contributed by atoms with Crippen LogP contribution >= 0.6 is 0 Å². The van der Waals surface area contributed by atoms with Crippen molar-refractivity contribution < 1.29 is 9.53 Å². The van der Waals surface area contributed by atoms with Gasteiger partial charge in [0.25, 0.3) is 0 Å². The molecule has 0 unspecified atom stereocenters. The minimum Gasteiger partial charge on any atom is -0.443 e. The number of nitrogens with zero attached hydrogens (tertiary/aromatic N) is 3. The van der Waals surface area contributed by atoms with Crippen molar-refractivity contribution in [2.45, 2.75) is 39.8 Å². The SMILES string of the molecule is Cc1nn(C)c2ncc(CNNC(=O)OC(C)(C)C)cc12. The van der Waals surface area contributed by atoms with E-state index in [9.17, 15) is 4.79 Å². The van der Waals surface area contributed by atoms with E-state index in [1.807, 2.05) is 40.8 Å². The number of carbonyl (C=O) groups excluding carboxylic acids is 1. The average Bonchev–Trinajstić information content (AvgIpc) is 2.62. The molecule has 2 aromatic rings. The van der Waals surface area contributed by atoms with Crippen molar-refractivity contribution in [2.24, 2.45) is 7.05 Å². The van der Waals surface area contributed by atoms with E-state index in [-0.39, 0.29) is 0 Å². The molecule has 0 aliphatic carbocycles. The number of pyridine rings is 1. The number of aryl methyl sites for hydroxylation is 2. The Kier molecular flexibility index (Phi) is 4.13. The average molecular weight is 291 g/mol. The Hall–Kier alpha value is -2.15. The molecule has 0 saturated heterocycles. The first-order valence-corrected chi connectivity index (χ1v) is 6.76. The highest BCUT2D eigenvalue weighted by Gasteiger charge is 2.15. The number of amides is 1. The molecule has 0 atom stereocenters. The van der Waals surface area contributed by atoms with Crippen LogP contribution in [0.5, 0.6) is 0 Å². The summed E-state index contributed by atoms with van der Waals surface area (Å²) >= 11 is 0. The first-order chi connectivity index (χ1) is 9.76. The van der Waals surface area contributed by atoms with Crippen LogP contribution in [0.1, 0.15) is 32.0 Å². The Balaban J connectivity index is 1.95. The van der Waals surface area contributed by atoms with E-state index in [0.717, 1.165) is 22.3 Å². The summed E-state index contributed by atoms with van der Waals surface area (Å²) < 4.78 is 6.88. The third-order valence-corrected chi connectivity index (χ3v) is 2.80. The molecule has 2 aromatic heterocycles. The minimum absolute atomic E-state index is 0.455. The van der Waals surface area contributed by atoms with E-state index in [0.29, 0.717) is 6.54 Å². The van der Waals surface area contributed by atoms with Gasteiger partial charge in [-0.25, -0.2) is 15.2 Å². The monoisotopic (exact) mass is 291 g/mol. The summed E-state index contributed by atoms with van der Waals surface area (Å²) in [5.41, 5.74) is 7.53. The summed E-state index contributed by atoms with van der Waals surface area (Å²) in [6.45, 7) is 7.84. The van der Waals surface area contributed by atoms with Crippen molar-refractivity contribution in [1.82, 2.24) is 25.6 Å². The number of aromatic nitrogens is 3. The fraction of sp³-hybridized carbons (Fsp3) is 0.500. The van der Waals surface area contributed by atoms with Gasteiger partial charge in [0.05, 0.1) is 5.69 Å². The number of rotatable bonds is 3. The van der Waals surface area contributed by atoms with Gasteiger partial charge in [-0.15, -0.1) is 0 Å². The van der Waals surface area contributed by atoms with Crippen LogP contribution in [0, 0.1) is 6.92 Å². The first-order valence-electron chi connectivity index (χ1n) is 6.76. The highest BCUT2D eigenvalue weighted by atomic mass is 16.6. The molecule has 21 heavy (non-hydrogen) atoms. The van der Waals surface area contributed by atoms with Crippen molar-refractivity contribution in [3.63, 3.8) is 0 Å². The minimum atomic E-state index is -0.515. The molecule has 1 amide bonds. The molecule has 2 heterocycles. The van der Waals surface area contributed by atoms with Gasteiger partial charge in [0.2, 0.25) is 0 Å². The Bertz CT molecular complexity index is 657. The molecule has 0 aromatic carbocycles. The Labute approximate surface area is 123 Å². The Morgan fingerprint density at radius 2 is 2.14 bits per heavy atom. The Morgan fingerprint density at radius 1 is 1.43 bits per heavy atom. The number of hydrogen-bond donors (Lipinski definition) is 2. The molecule has 114 valence electrons. The number of hydrogen-bond acceptors (Lipinski definition) is 5. The van der Waals surface area contributed by atoms with Gasteiger partial charge in [-0.2, -0.15) is 5.10 Å². The second kappa shape index (κ2) is 5.69. The summed E-state index contributed by atoms with van der Waals surface area (Å²) in [5.74, 6) is 0. The van der Waals surface area contributed by atoms with Crippen LogP contribution in [0.15, 0.2) is 12.3 Å². The number of ether oxygens (including phenoxy) is 1. The predicted molar refractivity (Wildman–Crippen MR) is 79.5 cm³/mol. The second-order valence-electron chi connectivity index (χ2n) is 5.90. The lowest BCUT2D eigenvalue weighted by Gasteiger charge is -2.19. The standard InChI is InChI=1S/C14H21N5O2/c1-9-11-6-10(7-15-12(11)19(5)18-9)8-16-17-13(20)21-14(2,3)4/h6-7,16H,8H2,1-5H3,(H,17,20). The van der Waals surface area contributed by atoms with Gasteiger partial charge in [-0.05, 0) is 39.3 Å². The van der Waals surface area contributed by atoms with Crippen LogP contribution < -0.4 is 10.9 Å². The molecule has 0 aliphatic heterocycles. The predicted octanol–water partition coefficient (Wildman–Crippen LogP) is 1.81. The smallest absolute Gasteiger partial charge is 0.422 e. The van der Waals surface area contributed by atoms with Crippen molar-refractivity contribution in [1.29, 1.82) is 0 Å². The molecule has 7 heteroatoms. The largest absolute Gasteiger partial charge is 0.443 e. The molecule has 0 saturated carbocycles. The zero-order valence-electron chi connectivity index (χ0n) is 13.0. The van der Waals surface area contributed by atoms with Gasteiger partial charge >= 0.3 is 6.09 Å². The van der Waals surface area contributed by atoms with Crippen LogP contribution in [0.2, 0.25) is 0 Å². The van der Waals surface area contributed by atoms with E-state index in [4.69, 9.17) is 4.74 Å². The van der Waals surface area contributed by atoms with E-state index >= 15 is 0 Å². The molecule has 0 radical (unpaired) electrons. The van der Waals surface area contributed by atoms with Gasteiger partial charge in [0.15, 0.2) is 5.65 Å². The molecule has 0 bridgehead atoms. The van der Waals surface area contributed by atoms with Crippen LogP contribution in [0.3, 0.4) is 0 Å². The molecule has 0 aliphatic rings. The maximum Gasteiger partial charge on any atom is 0.422 e. The third kappa shape index (κ3) is 3.91. The number of nitrogens with one attached hydrogen (secondary N) is 2. The zero-order chi connectivity index (χ0) is 15.6. The maximum atomic E-state index is 11.5. The maximum absolute atomic E-state index is 11.5. The molecule has 7 nitrogen and oxygen atoms in total. The topological polar surface area (TPSA) is 81.1 Å². The van der Waals surface area contributed by atoms with Gasteiger partial charge in [0, 0.05) is 25.2 Å². The van der Waals surface area contributed by atoms with Gasteiger partial charge < -0.3 is 4.74 Å². The van der Waals surface area contributed by atoms with E-state index in [1.165, 1.54) is 0 Å². The fourth-order valence-electron chi connectivity index (χ4n) is 1.97. The highest BCUT2D eigenvalue weighted by molar-refractivity contribution is 5.78. The molecular weight excluding hydrogens is 270 g/mol. The van der Waals surface area contributed by atoms with Crippen LogP contribution in [0.25, 0.3) is 11.0 Å².